The maximum atomic E-state index is 12.4. The van der Waals surface area contributed by atoms with Gasteiger partial charge in [-0.2, -0.15) is 9.78 Å². The lowest BCUT2D eigenvalue weighted by molar-refractivity contribution is 0.333. The zero-order valence-electron chi connectivity index (χ0n) is 12.3. The van der Waals surface area contributed by atoms with Crippen LogP contribution in [0.25, 0.3) is 5.69 Å². The number of aryl methyl sites for hydroxylation is 1. The van der Waals surface area contributed by atoms with E-state index in [0.29, 0.717) is 22.3 Å². The van der Waals surface area contributed by atoms with Crippen molar-refractivity contribution in [2.24, 2.45) is 5.92 Å². The molecule has 116 valence electrons. The Morgan fingerprint density at radius 3 is 2.77 bits per heavy atom. The Morgan fingerprint density at radius 1 is 1.36 bits per heavy atom. The summed E-state index contributed by atoms with van der Waals surface area (Å²) in [7, 11) is 0. The Balaban J connectivity index is 1.88. The van der Waals surface area contributed by atoms with Crippen LogP contribution in [0.15, 0.2) is 29.2 Å². The molecule has 4 nitrogen and oxygen atoms in total. The van der Waals surface area contributed by atoms with Crippen molar-refractivity contribution in [3.8, 4) is 5.69 Å². The summed E-state index contributed by atoms with van der Waals surface area (Å²) in [6.45, 7) is 2.74. The van der Waals surface area contributed by atoms with Crippen LogP contribution < -0.4 is 10.9 Å². The van der Waals surface area contributed by atoms with Gasteiger partial charge in [0.15, 0.2) is 0 Å². The largest absolute Gasteiger partial charge is 0.382 e. The molecule has 0 aliphatic heterocycles. The summed E-state index contributed by atoms with van der Waals surface area (Å²) < 4.78 is 1.27. The van der Waals surface area contributed by atoms with Crippen molar-refractivity contribution >= 4 is 28.9 Å². The van der Waals surface area contributed by atoms with Gasteiger partial charge in [-0.3, -0.25) is 4.79 Å². The minimum absolute atomic E-state index is 0.158. The lowest BCUT2D eigenvalue weighted by Gasteiger charge is -2.25. The molecule has 0 saturated heterocycles. The van der Waals surface area contributed by atoms with Crippen LogP contribution in [0.5, 0.6) is 0 Å². The van der Waals surface area contributed by atoms with Gasteiger partial charge >= 0.3 is 0 Å². The van der Waals surface area contributed by atoms with Gasteiger partial charge in [0.05, 0.1) is 17.6 Å². The van der Waals surface area contributed by atoms with Gasteiger partial charge in [-0.05, 0) is 43.4 Å². The highest BCUT2D eigenvalue weighted by Gasteiger charge is 2.18. The normalized spacial score (nSPS) is 14.7. The van der Waals surface area contributed by atoms with E-state index >= 15 is 0 Å². The van der Waals surface area contributed by atoms with Gasteiger partial charge in [-0.1, -0.05) is 35.7 Å². The van der Waals surface area contributed by atoms with Crippen molar-refractivity contribution in [3.05, 3.63) is 50.4 Å². The highest BCUT2D eigenvalue weighted by Crippen LogP contribution is 2.27. The molecule has 6 heteroatoms. The number of hydrogen-bond donors (Lipinski definition) is 1. The Kier molecular flexibility index (Phi) is 4.41. The van der Waals surface area contributed by atoms with Gasteiger partial charge in [0.2, 0.25) is 0 Å². The van der Waals surface area contributed by atoms with Crippen LogP contribution in [0, 0.1) is 12.8 Å². The van der Waals surface area contributed by atoms with Gasteiger partial charge in [0.1, 0.15) is 5.02 Å². The van der Waals surface area contributed by atoms with E-state index in [1.807, 2.05) is 13.0 Å². The molecule has 0 radical (unpaired) electrons. The first-order valence-electron chi connectivity index (χ1n) is 7.34. The van der Waals surface area contributed by atoms with E-state index in [9.17, 15) is 4.79 Å². The summed E-state index contributed by atoms with van der Waals surface area (Å²) in [6, 6.07) is 5.36. The molecule has 0 spiro atoms. The van der Waals surface area contributed by atoms with Gasteiger partial charge in [0.25, 0.3) is 5.56 Å². The van der Waals surface area contributed by atoms with Gasteiger partial charge in [0, 0.05) is 11.6 Å². The second-order valence-corrected chi connectivity index (χ2v) is 6.49. The van der Waals surface area contributed by atoms with Gasteiger partial charge in [-0.25, -0.2) is 0 Å². The Labute approximate surface area is 139 Å². The maximum Gasteiger partial charge on any atom is 0.292 e. The number of halogens is 2. The second kappa shape index (κ2) is 6.31. The van der Waals surface area contributed by atoms with E-state index in [1.54, 1.807) is 18.3 Å². The molecule has 1 heterocycles. The van der Waals surface area contributed by atoms with Crippen LogP contribution in [-0.4, -0.2) is 16.3 Å². The number of benzene rings is 1. The molecule has 1 saturated carbocycles. The number of nitrogens with one attached hydrogen (secondary N) is 1. The molecule has 1 aliphatic rings. The molecular weight excluding hydrogens is 321 g/mol. The van der Waals surface area contributed by atoms with Crippen LogP contribution in [0.1, 0.15) is 24.8 Å². The molecule has 1 aromatic carbocycles. The van der Waals surface area contributed by atoms with E-state index in [0.717, 1.165) is 12.1 Å². The predicted octanol–water partition coefficient (Wildman–Crippen LogP) is 4.06. The summed E-state index contributed by atoms with van der Waals surface area (Å²) in [5.74, 6) is 0.675. The summed E-state index contributed by atoms with van der Waals surface area (Å²) in [5.41, 5.74) is 1.80. The average molecular weight is 338 g/mol. The smallest absolute Gasteiger partial charge is 0.292 e. The number of aromatic nitrogens is 2. The van der Waals surface area contributed by atoms with Crippen molar-refractivity contribution in [1.29, 1.82) is 0 Å². The Bertz CT molecular complexity index is 754. The second-order valence-electron chi connectivity index (χ2n) is 5.70. The predicted molar refractivity (Wildman–Crippen MR) is 90.4 cm³/mol. The molecule has 0 bridgehead atoms. The minimum Gasteiger partial charge on any atom is -0.382 e. The topological polar surface area (TPSA) is 46.9 Å². The van der Waals surface area contributed by atoms with Crippen LogP contribution >= 0.6 is 23.2 Å². The average Bonchev–Trinajstić information content (AvgIpc) is 2.45. The molecule has 1 aliphatic carbocycles. The lowest BCUT2D eigenvalue weighted by Crippen LogP contribution is -2.25. The maximum absolute atomic E-state index is 12.4. The summed E-state index contributed by atoms with van der Waals surface area (Å²) in [5, 5.41) is 8.17. The van der Waals surface area contributed by atoms with E-state index in [-0.39, 0.29) is 10.6 Å². The number of rotatable bonds is 4. The van der Waals surface area contributed by atoms with Crippen LogP contribution in [0.2, 0.25) is 10.0 Å². The Hall–Kier alpha value is -1.52. The molecule has 0 atom stereocenters. The molecule has 3 rings (SSSR count). The Morgan fingerprint density at radius 2 is 2.14 bits per heavy atom. The first kappa shape index (κ1) is 15.4. The zero-order valence-corrected chi connectivity index (χ0v) is 13.8. The summed E-state index contributed by atoms with van der Waals surface area (Å²) in [4.78, 5) is 12.4. The molecule has 2 aromatic rings. The fraction of sp³-hybridized carbons (Fsp3) is 0.375. The minimum atomic E-state index is -0.347. The van der Waals surface area contributed by atoms with Crippen molar-refractivity contribution in [1.82, 2.24) is 9.78 Å². The van der Waals surface area contributed by atoms with Crippen molar-refractivity contribution in [2.45, 2.75) is 26.2 Å². The van der Waals surface area contributed by atoms with Gasteiger partial charge < -0.3 is 5.32 Å². The van der Waals surface area contributed by atoms with E-state index in [4.69, 9.17) is 23.2 Å². The van der Waals surface area contributed by atoms with Crippen LogP contribution in [0.3, 0.4) is 0 Å². The third-order valence-electron chi connectivity index (χ3n) is 4.12. The molecule has 22 heavy (non-hydrogen) atoms. The molecule has 1 fully saturated rings. The monoisotopic (exact) mass is 337 g/mol. The molecular formula is C16H17Cl2N3O. The van der Waals surface area contributed by atoms with Crippen molar-refractivity contribution in [3.63, 3.8) is 0 Å². The number of anilines is 1. The third-order valence-corrected chi connectivity index (χ3v) is 4.90. The fourth-order valence-corrected chi connectivity index (χ4v) is 2.78. The molecule has 1 aromatic heterocycles. The quantitative estimate of drug-likeness (QED) is 0.914. The van der Waals surface area contributed by atoms with Gasteiger partial charge in [-0.15, -0.1) is 0 Å². The standard InChI is InChI=1S/C16H17Cl2N3O/c1-10-5-6-12(7-13(10)17)21-16(22)15(18)14(9-20-21)19-8-11-3-2-4-11/h5-7,9,11,19H,2-4,8H2,1H3. The number of hydrogen-bond acceptors (Lipinski definition) is 3. The SMILES string of the molecule is Cc1ccc(-n2ncc(NCC3CCC3)c(Cl)c2=O)cc1Cl. The summed E-state index contributed by atoms with van der Waals surface area (Å²) in [6.07, 6.45) is 5.35. The fourth-order valence-electron chi connectivity index (χ4n) is 2.40. The highest BCUT2D eigenvalue weighted by atomic mass is 35.5. The number of nitrogens with zero attached hydrogens (tertiary/aromatic N) is 2. The van der Waals surface area contributed by atoms with Crippen LogP contribution in [0.4, 0.5) is 5.69 Å². The molecule has 0 unspecified atom stereocenters. The first-order chi connectivity index (χ1) is 10.6. The lowest BCUT2D eigenvalue weighted by atomic mass is 9.85. The zero-order chi connectivity index (χ0) is 15.7. The molecule has 0 amide bonds. The molecule has 1 N–H and O–H groups in total. The van der Waals surface area contributed by atoms with Crippen LogP contribution in [-0.2, 0) is 0 Å². The van der Waals surface area contributed by atoms with E-state index in [1.165, 1.54) is 23.9 Å². The summed E-state index contributed by atoms with van der Waals surface area (Å²) >= 11 is 12.3. The third kappa shape index (κ3) is 2.99. The van der Waals surface area contributed by atoms with E-state index in [2.05, 4.69) is 10.4 Å². The van der Waals surface area contributed by atoms with Crippen molar-refractivity contribution < 1.29 is 0 Å². The van der Waals surface area contributed by atoms with Crippen molar-refractivity contribution in [2.75, 3.05) is 11.9 Å². The highest BCUT2D eigenvalue weighted by molar-refractivity contribution is 6.33. The van der Waals surface area contributed by atoms with E-state index < -0.39 is 0 Å². The first-order valence-corrected chi connectivity index (χ1v) is 8.10.